The maximum Gasteiger partial charge on any atom is 0.334 e. The Morgan fingerprint density at radius 2 is 1.04 bits per heavy atom. The maximum atomic E-state index is 10.5. The second-order valence-electron chi connectivity index (χ2n) is 6.99. The van der Waals surface area contributed by atoms with Crippen LogP contribution in [0.5, 0.6) is 11.5 Å². The molecule has 1 saturated carbocycles. The van der Waals surface area contributed by atoms with Gasteiger partial charge in [0.05, 0.1) is 0 Å². The quantitative estimate of drug-likeness (QED) is 0.649. The first-order valence-electron chi connectivity index (χ1n) is 8.34. The second kappa shape index (κ2) is 6.37. The Balaban J connectivity index is 1.89. The molecule has 0 radical (unpaired) electrons. The van der Waals surface area contributed by atoms with Gasteiger partial charge in [0, 0.05) is 62.8 Å². The maximum absolute atomic E-state index is 10.5. The summed E-state index contributed by atoms with van der Waals surface area (Å²) in [6.07, 6.45) is 0. The Hall–Kier alpha value is -3.02. The number of nitrogens with zero attached hydrogens (tertiary/aromatic N) is 2. The van der Waals surface area contributed by atoms with Crippen molar-refractivity contribution in [1.29, 1.82) is 0 Å². The van der Waals surface area contributed by atoms with Crippen molar-refractivity contribution >= 4 is 22.9 Å². The standard InChI is InChI=1S/C20H22N2O4/c1-21(2)11-5-7-13(15(23)9-11)17-19(25)18(20(17)26)14-8-6-12(22(3)4)10-16(14)24/h5-10,17-18,23-24H,1-4H3/p+2. The van der Waals surface area contributed by atoms with E-state index in [1.807, 2.05) is 50.1 Å². The van der Waals surface area contributed by atoms with Crippen molar-refractivity contribution in [2.45, 2.75) is 11.8 Å². The molecule has 6 heteroatoms. The van der Waals surface area contributed by atoms with Crippen LogP contribution in [0, 0.1) is 0 Å². The van der Waals surface area contributed by atoms with E-state index >= 15 is 0 Å². The minimum absolute atomic E-state index is 0.00306. The fourth-order valence-electron chi connectivity index (χ4n) is 3.29. The zero-order chi connectivity index (χ0) is 19.2. The van der Waals surface area contributed by atoms with Crippen LogP contribution >= 0.6 is 0 Å². The third-order valence-corrected chi connectivity index (χ3v) is 4.87. The fourth-order valence-corrected chi connectivity index (χ4v) is 3.29. The van der Waals surface area contributed by atoms with Crippen LogP contribution < -0.4 is 9.80 Å². The summed E-state index contributed by atoms with van der Waals surface area (Å²) >= 11 is 0. The highest BCUT2D eigenvalue weighted by molar-refractivity contribution is 6.32. The average Bonchev–Trinajstić information content (AvgIpc) is 2.58. The normalized spacial score (nSPS) is 19.2. The van der Waals surface area contributed by atoms with Crippen molar-refractivity contribution in [3.8, 4) is 11.5 Å². The Labute approximate surface area is 152 Å². The highest BCUT2D eigenvalue weighted by atomic mass is 16.3. The van der Waals surface area contributed by atoms with Crippen LogP contribution in [-0.4, -0.2) is 59.6 Å². The topological polar surface area (TPSA) is 89.7 Å². The van der Waals surface area contributed by atoms with Gasteiger partial charge in [0.1, 0.15) is 11.5 Å². The molecule has 2 aromatic rings. The predicted molar refractivity (Wildman–Crippen MR) is 104 cm³/mol. The lowest BCUT2D eigenvalue weighted by Gasteiger charge is -2.25. The summed E-state index contributed by atoms with van der Waals surface area (Å²) in [7, 11) is 7.45. The van der Waals surface area contributed by atoms with Crippen LogP contribution in [0.3, 0.4) is 0 Å². The van der Waals surface area contributed by atoms with Crippen LogP contribution in [-0.2, 0) is 0 Å². The van der Waals surface area contributed by atoms with Crippen molar-refractivity contribution in [2.24, 2.45) is 0 Å². The van der Waals surface area contributed by atoms with E-state index in [2.05, 4.69) is 0 Å². The first kappa shape index (κ1) is 17.8. The number of phenolic OH excluding ortho intramolecular Hbond substituents is 2. The van der Waals surface area contributed by atoms with Crippen LogP contribution in [0.4, 0.5) is 11.4 Å². The highest BCUT2D eigenvalue weighted by Gasteiger charge is 2.62. The molecule has 0 aliphatic heterocycles. The molecule has 136 valence electrons. The molecule has 26 heavy (non-hydrogen) atoms. The van der Waals surface area contributed by atoms with Gasteiger partial charge in [-0.2, -0.15) is 0 Å². The van der Waals surface area contributed by atoms with Gasteiger partial charge in [-0.15, -0.1) is 0 Å². The van der Waals surface area contributed by atoms with Gasteiger partial charge >= 0.3 is 11.6 Å². The number of carbonyl (C=O) groups excluding carboxylic acids is 2. The molecule has 0 unspecified atom stereocenters. The summed E-state index contributed by atoms with van der Waals surface area (Å²) in [5.41, 5.74) is 2.51. The van der Waals surface area contributed by atoms with E-state index in [4.69, 9.17) is 0 Å². The van der Waals surface area contributed by atoms with E-state index in [1.54, 1.807) is 24.3 Å². The van der Waals surface area contributed by atoms with E-state index < -0.39 is 11.8 Å². The molecule has 1 aliphatic rings. The van der Waals surface area contributed by atoms with Crippen molar-refractivity contribution in [3.05, 3.63) is 47.5 Å². The number of ketones is 2. The lowest BCUT2D eigenvalue weighted by molar-refractivity contribution is 0.458. The predicted octanol–water partition coefficient (Wildman–Crippen LogP) is 2.20. The molecule has 1 aliphatic carbocycles. The van der Waals surface area contributed by atoms with Crippen molar-refractivity contribution in [3.63, 3.8) is 0 Å². The third-order valence-electron chi connectivity index (χ3n) is 4.87. The number of hydrogen-bond acceptors (Lipinski definition) is 4. The van der Waals surface area contributed by atoms with Crippen molar-refractivity contribution in [1.82, 2.24) is 0 Å². The molecule has 0 atom stereocenters. The van der Waals surface area contributed by atoms with Gasteiger partial charge < -0.3 is 20.0 Å². The molecule has 3 rings (SSSR count). The van der Waals surface area contributed by atoms with Crippen LogP contribution in [0.25, 0.3) is 0 Å². The molecule has 6 nitrogen and oxygen atoms in total. The van der Waals surface area contributed by atoms with Crippen molar-refractivity contribution < 1.29 is 19.8 Å². The molecule has 0 aromatic heterocycles. The molecule has 0 saturated heterocycles. The molecular formula is C20H24N2O4+2. The van der Waals surface area contributed by atoms with Gasteiger partial charge in [-0.25, -0.2) is 0 Å². The van der Waals surface area contributed by atoms with Gasteiger partial charge in [0.25, 0.3) is 0 Å². The van der Waals surface area contributed by atoms with E-state index in [1.165, 1.54) is 0 Å². The smallest absolute Gasteiger partial charge is 0.334 e. The Bertz CT molecular complexity index is 804. The Morgan fingerprint density at radius 3 is 1.31 bits per heavy atom. The third kappa shape index (κ3) is 2.77. The van der Waals surface area contributed by atoms with E-state index in [0.717, 1.165) is 11.4 Å². The molecule has 0 amide bonds. The zero-order valence-corrected chi connectivity index (χ0v) is 15.3. The van der Waals surface area contributed by atoms with Gasteiger partial charge in [-0.3, -0.25) is 9.59 Å². The molecule has 0 spiro atoms. The summed E-state index contributed by atoms with van der Waals surface area (Å²) < 4.78 is 0. The van der Waals surface area contributed by atoms with E-state index in [9.17, 15) is 19.8 Å². The number of anilines is 2. The Morgan fingerprint density at radius 1 is 0.692 bits per heavy atom. The number of phenols is 2. The van der Waals surface area contributed by atoms with E-state index in [0.29, 0.717) is 11.1 Å². The van der Waals surface area contributed by atoms with Crippen molar-refractivity contribution in [2.75, 3.05) is 38.0 Å². The fraction of sp³-hybridized carbons (Fsp3) is 0.300. The first-order chi connectivity index (χ1) is 12.2. The molecule has 2 aromatic carbocycles. The van der Waals surface area contributed by atoms with Gasteiger partial charge in [-0.1, -0.05) is 12.1 Å². The van der Waals surface area contributed by atoms with Gasteiger partial charge in [-0.05, 0) is 12.1 Å². The molecular weight excluding hydrogens is 332 g/mol. The molecule has 0 bridgehead atoms. The minimum atomic E-state index is -0.760. The monoisotopic (exact) mass is 356 g/mol. The van der Waals surface area contributed by atoms with Crippen LogP contribution in [0.1, 0.15) is 23.0 Å². The summed E-state index contributed by atoms with van der Waals surface area (Å²) in [6, 6.07) is 10.2. The zero-order valence-electron chi connectivity index (χ0n) is 15.3. The lowest BCUT2D eigenvalue weighted by atomic mass is 9.65. The molecule has 1 fully saturated rings. The largest absolute Gasteiger partial charge is 0.508 e. The number of hydrogen-bond donors (Lipinski definition) is 2. The second-order valence-corrected chi connectivity index (χ2v) is 6.99. The number of aromatic hydroxyl groups is 2. The summed E-state index contributed by atoms with van der Waals surface area (Å²) in [6.45, 7) is 0. The summed E-state index contributed by atoms with van der Waals surface area (Å²) in [4.78, 5) is 24.8. The lowest BCUT2D eigenvalue weighted by Crippen LogP contribution is -2.45. The van der Waals surface area contributed by atoms with Gasteiger partial charge in [0.15, 0.2) is 0 Å². The number of rotatable bonds is 4. The summed E-state index contributed by atoms with van der Waals surface area (Å²) in [5, 5.41) is 20.6. The number of benzene rings is 2. The summed E-state index contributed by atoms with van der Waals surface area (Å²) in [5.74, 6) is -1.50. The average molecular weight is 356 g/mol. The molecule has 0 heterocycles. The van der Waals surface area contributed by atoms with Crippen LogP contribution in [0.2, 0.25) is 0 Å². The molecule has 4 N–H and O–H groups in total. The SMILES string of the molecule is CN(C)c1ccc(C2C(=[OH+])C(c3ccc(N(C)C)cc3O)C2=[OH+])c(O)c1. The first-order valence-corrected chi connectivity index (χ1v) is 8.34. The Kier molecular flexibility index (Phi) is 4.36. The van der Waals surface area contributed by atoms with Gasteiger partial charge in [0.2, 0.25) is 11.8 Å². The minimum Gasteiger partial charge on any atom is -0.508 e. The van der Waals surface area contributed by atoms with Crippen LogP contribution in [0.15, 0.2) is 36.4 Å². The highest BCUT2D eigenvalue weighted by Crippen LogP contribution is 2.46. The van der Waals surface area contributed by atoms with E-state index in [-0.39, 0.29) is 23.1 Å².